The molecule has 0 aliphatic rings. The number of hydrogen-bond donors (Lipinski definition) is 1. The van der Waals surface area contributed by atoms with Crippen molar-refractivity contribution in [3.63, 3.8) is 0 Å². The third-order valence-electron chi connectivity index (χ3n) is 2.30. The number of nitrogens with two attached hydrogens (primary N) is 1. The lowest BCUT2D eigenvalue weighted by Crippen LogP contribution is -2.21. The van der Waals surface area contributed by atoms with Gasteiger partial charge in [0.15, 0.2) is 5.75 Å². The number of ether oxygens (including phenoxy) is 1. The van der Waals surface area contributed by atoms with Crippen molar-refractivity contribution in [2.45, 2.75) is 6.42 Å². The fraction of sp³-hybridized carbons (Fsp3) is 0.455. The lowest BCUT2D eigenvalue weighted by molar-refractivity contribution is 0.415. The molecule has 0 spiro atoms. The van der Waals surface area contributed by atoms with Crippen LogP contribution < -0.4 is 15.4 Å². The fourth-order valence-corrected chi connectivity index (χ4v) is 2.04. The molecule has 3 nitrogen and oxygen atoms in total. The molecule has 5 heteroatoms. The van der Waals surface area contributed by atoms with E-state index in [2.05, 4.69) is 0 Å². The summed E-state index contributed by atoms with van der Waals surface area (Å²) in [4.78, 5) is 2.03. The van der Waals surface area contributed by atoms with E-state index in [1.54, 1.807) is 13.2 Å². The summed E-state index contributed by atoms with van der Waals surface area (Å²) in [5, 5.41) is 1.12. The van der Waals surface area contributed by atoms with Gasteiger partial charge in [-0.05, 0) is 25.1 Å². The smallest absolute Gasteiger partial charge is 0.160 e. The number of hydrogen-bond acceptors (Lipinski definition) is 3. The Morgan fingerprint density at radius 3 is 2.62 bits per heavy atom. The number of nitrogens with zero attached hydrogens (tertiary/aromatic N) is 1. The third-order valence-corrected chi connectivity index (χ3v) is 2.80. The maximum absolute atomic E-state index is 6.05. The van der Waals surface area contributed by atoms with E-state index in [9.17, 15) is 0 Å². The highest BCUT2D eigenvalue weighted by atomic mass is 35.5. The van der Waals surface area contributed by atoms with E-state index in [0.29, 0.717) is 22.3 Å². The highest BCUT2D eigenvalue weighted by molar-refractivity contribution is 6.36. The van der Waals surface area contributed by atoms with Gasteiger partial charge in [0, 0.05) is 18.6 Å². The first-order valence-corrected chi connectivity index (χ1v) is 5.80. The van der Waals surface area contributed by atoms with Crippen LogP contribution in [0.2, 0.25) is 10.0 Å². The average molecular weight is 263 g/mol. The van der Waals surface area contributed by atoms with E-state index in [1.807, 2.05) is 18.0 Å². The Hall–Kier alpha value is -0.640. The van der Waals surface area contributed by atoms with Gasteiger partial charge in [0.05, 0.1) is 17.8 Å². The molecule has 0 bridgehead atoms. The van der Waals surface area contributed by atoms with Gasteiger partial charge >= 0.3 is 0 Å². The van der Waals surface area contributed by atoms with Crippen molar-refractivity contribution in [2.75, 3.05) is 32.1 Å². The van der Waals surface area contributed by atoms with Crippen molar-refractivity contribution in [3.05, 3.63) is 22.2 Å². The van der Waals surface area contributed by atoms with E-state index in [4.69, 9.17) is 33.7 Å². The fourth-order valence-electron chi connectivity index (χ4n) is 1.48. The number of methoxy groups -OCH3 is 1. The molecule has 0 saturated carbocycles. The quantitative estimate of drug-likeness (QED) is 0.887. The average Bonchev–Trinajstić information content (AvgIpc) is 2.24. The Morgan fingerprint density at radius 2 is 2.06 bits per heavy atom. The van der Waals surface area contributed by atoms with Crippen LogP contribution in [0.3, 0.4) is 0 Å². The van der Waals surface area contributed by atoms with Crippen molar-refractivity contribution < 1.29 is 4.74 Å². The number of anilines is 1. The van der Waals surface area contributed by atoms with Gasteiger partial charge in [0.1, 0.15) is 0 Å². The van der Waals surface area contributed by atoms with Gasteiger partial charge in [-0.1, -0.05) is 23.2 Å². The van der Waals surface area contributed by atoms with Gasteiger partial charge in [-0.3, -0.25) is 0 Å². The third kappa shape index (κ3) is 3.17. The first kappa shape index (κ1) is 13.4. The molecule has 90 valence electrons. The minimum Gasteiger partial charge on any atom is -0.493 e. The number of rotatable bonds is 5. The van der Waals surface area contributed by atoms with Crippen molar-refractivity contribution in [2.24, 2.45) is 5.73 Å². The monoisotopic (exact) mass is 262 g/mol. The normalized spacial score (nSPS) is 10.3. The van der Waals surface area contributed by atoms with E-state index in [0.717, 1.165) is 18.7 Å². The van der Waals surface area contributed by atoms with Gasteiger partial charge in [-0.25, -0.2) is 0 Å². The maximum Gasteiger partial charge on any atom is 0.160 e. The summed E-state index contributed by atoms with van der Waals surface area (Å²) >= 11 is 12.0. The van der Waals surface area contributed by atoms with Crippen LogP contribution in [-0.2, 0) is 0 Å². The molecule has 1 rings (SSSR count). The Kier molecular flexibility index (Phi) is 5.19. The molecule has 1 aromatic rings. The Bertz CT molecular complexity index is 358. The minimum absolute atomic E-state index is 0.518. The van der Waals surface area contributed by atoms with Gasteiger partial charge in [0.2, 0.25) is 0 Å². The van der Waals surface area contributed by atoms with E-state index >= 15 is 0 Å². The SMILES string of the molecule is COc1c(Cl)cc(Cl)cc1N(C)CCCN. The molecule has 0 amide bonds. The van der Waals surface area contributed by atoms with Crippen molar-refractivity contribution in [3.8, 4) is 5.75 Å². The van der Waals surface area contributed by atoms with Crippen LogP contribution in [0.15, 0.2) is 12.1 Å². The summed E-state index contributed by atoms with van der Waals surface area (Å²) in [6.45, 7) is 1.49. The van der Waals surface area contributed by atoms with Crippen LogP contribution in [-0.4, -0.2) is 27.2 Å². The van der Waals surface area contributed by atoms with Crippen LogP contribution in [0.5, 0.6) is 5.75 Å². The highest BCUT2D eigenvalue weighted by Crippen LogP contribution is 2.37. The molecule has 0 aliphatic carbocycles. The zero-order valence-corrected chi connectivity index (χ0v) is 11.0. The second-order valence-electron chi connectivity index (χ2n) is 3.50. The predicted molar refractivity (Wildman–Crippen MR) is 70.0 cm³/mol. The topological polar surface area (TPSA) is 38.5 Å². The Morgan fingerprint density at radius 1 is 1.38 bits per heavy atom. The maximum atomic E-state index is 6.05. The van der Waals surface area contributed by atoms with Gasteiger partial charge in [0.25, 0.3) is 0 Å². The van der Waals surface area contributed by atoms with Gasteiger partial charge in [-0.2, -0.15) is 0 Å². The Labute approximate surface area is 106 Å². The summed E-state index contributed by atoms with van der Waals surface area (Å²) in [5.74, 6) is 0.644. The van der Waals surface area contributed by atoms with E-state index in [1.165, 1.54) is 0 Å². The van der Waals surface area contributed by atoms with E-state index in [-0.39, 0.29) is 0 Å². The largest absolute Gasteiger partial charge is 0.493 e. The summed E-state index contributed by atoms with van der Waals surface area (Å²) < 4.78 is 5.27. The standard InChI is InChI=1S/C11H16Cl2N2O/c1-15(5-3-4-14)10-7-8(12)6-9(13)11(10)16-2/h6-7H,3-5,14H2,1-2H3. The van der Waals surface area contributed by atoms with Crippen LogP contribution in [0.1, 0.15) is 6.42 Å². The minimum atomic E-state index is 0.518. The molecule has 0 unspecified atom stereocenters. The second kappa shape index (κ2) is 6.18. The summed E-state index contributed by atoms with van der Waals surface area (Å²) in [7, 11) is 3.55. The second-order valence-corrected chi connectivity index (χ2v) is 4.35. The molecule has 1 aromatic carbocycles. The molecule has 0 atom stereocenters. The predicted octanol–water partition coefficient (Wildman–Crippen LogP) is 2.79. The van der Waals surface area contributed by atoms with Crippen molar-refractivity contribution in [1.82, 2.24) is 0 Å². The van der Waals surface area contributed by atoms with Gasteiger partial charge in [-0.15, -0.1) is 0 Å². The molecule has 16 heavy (non-hydrogen) atoms. The van der Waals surface area contributed by atoms with Crippen molar-refractivity contribution >= 4 is 28.9 Å². The zero-order chi connectivity index (χ0) is 12.1. The zero-order valence-electron chi connectivity index (χ0n) is 9.46. The first-order chi connectivity index (χ1) is 7.60. The first-order valence-electron chi connectivity index (χ1n) is 5.04. The van der Waals surface area contributed by atoms with Crippen molar-refractivity contribution in [1.29, 1.82) is 0 Å². The summed E-state index contributed by atoms with van der Waals surface area (Å²) in [6.07, 6.45) is 0.907. The van der Waals surface area contributed by atoms with Gasteiger partial charge < -0.3 is 15.4 Å². The number of benzene rings is 1. The number of halogens is 2. The highest BCUT2D eigenvalue weighted by Gasteiger charge is 2.13. The molecule has 0 heterocycles. The molecular weight excluding hydrogens is 247 g/mol. The molecular formula is C11H16Cl2N2O. The summed E-state index contributed by atoms with van der Waals surface area (Å²) in [5.41, 5.74) is 6.36. The van der Waals surface area contributed by atoms with Crippen LogP contribution in [0.25, 0.3) is 0 Å². The molecule has 0 saturated heterocycles. The lowest BCUT2D eigenvalue weighted by atomic mass is 10.2. The molecule has 0 fully saturated rings. The molecule has 0 aromatic heterocycles. The van der Waals surface area contributed by atoms with E-state index < -0.39 is 0 Å². The molecule has 2 N–H and O–H groups in total. The molecule has 0 radical (unpaired) electrons. The van der Waals surface area contributed by atoms with Crippen LogP contribution >= 0.6 is 23.2 Å². The van der Waals surface area contributed by atoms with Crippen LogP contribution in [0.4, 0.5) is 5.69 Å². The molecule has 0 aliphatic heterocycles. The van der Waals surface area contributed by atoms with Crippen LogP contribution in [0, 0.1) is 0 Å². The Balaban J connectivity index is 3.00. The lowest BCUT2D eigenvalue weighted by Gasteiger charge is -2.22. The summed E-state index contributed by atoms with van der Waals surface area (Å²) in [6, 6.07) is 3.50.